The fourth-order valence-corrected chi connectivity index (χ4v) is 2.79. The highest BCUT2D eigenvalue weighted by Gasteiger charge is 2.46. The summed E-state index contributed by atoms with van der Waals surface area (Å²) in [6.45, 7) is 1.08. The summed E-state index contributed by atoms with van der Waals surface area (Å²) in [6, 6.07) is 4.32. The summed E-state index contributed by atoms with van der Waals surface area (Å²) in [7, 11) is 1.43. The number of nitrogens with zero attached hydrogens (tertiary/aromatic N) is 2. The first-order chi connectivity index (χ1) is 11.5. The van der Waals surface area contributed by atoms with E-state index in [-0.39, 0.29) is 17.8 Å². The SMILES string of the molecule is COc1ccc(Cc2noc(C(F)(F)C3CCNCC3)n2)c(F)c1. The van der Waals surface area contributed by atoms with Gasteiger partial charge in [0.25, 0.3) is 5.89 Å². The molecule has 0 amide bonds. The minimum absolute atomic E-state index is 0.0262. The van der Waals surface area contributed by atoms with Gasteiger partial charge in [0.05, 0.1) is 7.11 Å². The third kappa shape index (κ3) is 3.38. The fraction of sp³-hybridized carbons (Fsp3) is 0.500. The second-order valence-corrected chi connectivity index (χ2v) is 5.80. The average molecular weight is 341 g/mol. The highest BCUT2D eigenvalue weighted by atomic mass is 19.3. The first-order valence-electron chi connectivity index (χ1n) is 7.74. The van der Waals surface area contributed by atoms with Crippen molar-refractivity contribution in [2.24, 2.45) is 5.92 Å². The molecule has 1 fully saturated rings. The molecule has 0 radical (unpaired) electrons. The molecule has 5 nitrogen and oxygen atoms in total. The van der Waals surface area contributed by atoms with E-state index in [2.05, 4.69) is 15.5 Å². The van der Waals surface area contributed by atoms with Crippen molar-refractivity contribution >= 4 is 0 Å². The molecule has 0 bridgehead atoms. The molecule has 1 N–H and O–H groups in total. The van der Waals surface area contributed by atoms with Gasteiger partial charge in [-0.2, -0.15) is 13.8 Å². The van der Waals surface area contributed by atoms with Crippen molar-refractivity contribution in [2.75, 3.05) is 20.2 Å². The highest BCUT2D eigenvalue weighted by Crippen LogP contribution is 2.39. The van der Waals surface area contributed by atoms with Crippen LogP contribution in [0.25, 0.3) is 0 Å². The first-order valence-corrected chi connectivity index (χ1v) is 7.74. The van der Waals surface area contributed by atoms with Gasteiger partial charge in [-0.3, -0.25) is 0 Å². The van der Waals surface area contributed by atoms with Crippen LogP contribution in [0.2, 0.25) is 0 Å². The molecule has 0 atom stereocenters. The van der Waals surface area contributed by atoms with E-state index >= 15 is 0 Å². The largest absolute Gasteiger partial charge is 0.497 e. The number of piperidine rings is 1. The molecule has 2 heterocycles. The molecule has 0 unspecified atom stereocenters. The van der Waals surface area contributed by atoms with E-state index in [4.69, 9.17) is 9.26 Å². The molecule has 3 rings (SSSR count). The zero-order chi connectivity index (χ0) is 17.2. The normalized spacial score (nSPS) is 16.3. The molecule has 1 aliphatic rings. The number of hydrogen-bond donors (Lipinski definition) is 1. The van der Waals surface area contributed by atoms with E-state index in [9.17, 15) is 13.2 Å². The molecule has 130 valence electrons. The third-order valence-electron chi connectivity index (χ3n) is 4.21. The maximum absolute atomic E-state index is 14.5. The van der Waals surface area contributed by atoms with Crippen molar-refractivity contribution in [2.45, 2.75) is 25.2 Å². The molecule has 2 aromatic rings. The Morgan fingerprint density at radius 2 is 2.08 bits per heavy atom. The van der Waals surface area contributed by atoms with Gasteiger partial charge in [-0.1, -0.05) is 11.2 Å². The lowest BCUT2D eigenvalue weighted by Gasteiger charge is -2.27. The van der Waals surface area contributed by atoms with Gasteiger partial charge in [-0.05, 0) is 37.6 Å². The Kier molecular flexibility index (Phi) is 4.75. The van der Waals surface area contributed by atoms with Crippen molar-refractivity contribution in [3.8, 4) is 5.75 Å². The number of rotatable bonds is 5. The van der Waals surface area contributed by atoms with Gasteiger partial charge >= 0.3 is 5.92 Å². The Labute approximate surface area is 137 Å². The van der Waals surface area contributed by atoms with Crippen LogP contribution < -0.4 is 10.1 Å². The minimum Gasteiger partial charge on any atom is -0.497 e. The Balaban J connectivity index is 1.75. The number of methoxy groups -OCH3 is 1. The molecule has 8 heteroatoms. The summed E-state index contributed by atoms with van der Waals surface area (Å²) in [5, 5.41) is 6.62. The summed E-state index contributed by atoms with van der Waals surface area (Å²) in [5.41, 5.74) is 0.285. The van der Waals surface area contributed by atoms with E-state index in [1.807, 2.05) is 0 Å². The molecule has 1 aliphatic heterocycles. The van der Waals surface area contributed by atoms with E-state index in [1.54, 1.807) is 6.07 Å². The molecular formula is C16H18F3N3O2. The number of hydrogen-bond acceptors (Lipinski definition) is 5. The van der Waals surface area contributed by atoms with Crippen LogP contribution in [0.5, 0.6) is 5.75 Å². The van der Waals surface area contributed by atoms with Crippen LogP contribution in [0.4, 0.5) is 13.2 Å². The van der Waals surface area contributed by atoms with Crippen molar-refractivity contribution in [1.82, 2.24) is 15.5 Å². The molecular weight excluding hydrogens is 323 g/mol. The Morgan fingerprint density at radius 3 is 2.75 bits per heavy atom. The van der Waals surface area contributed by atoms with E-state index in [0.717, 1.165) is 0 Å². The number of ether oxygens (including phenoxy) is 1. The van der Waals surface area contributed by atoms with Crippen LogP contribution >= 0.6 is 0 Å². The van der Waals surface area contributed by atoms with Crippen LogP contribution in [-0.4, -0.2) is 30.3 Å². The number of halogens is 3. The average Bonchev–Trinajstić information content (AvgIpc) is 3.07. The third-order valence-corrected chi connectivity index (χ3v) is 4.21. The molecule has 1 aromatic carbocycles. The Bertz CT molecular complexity index is 700. The maximum atomic E-state index is 14.5. The lowest BCUT2D eigenvalue weighted by atomic mass is 9.91. The van der Waals surface area contributed by atoms with Crippen LogP contribution in [0, 0.1) is 11.7 Å². The highest BCUT2D eigenvalue weighted by molar-refractivity contribution is 5.30. The van der Waals surface area contributed by atoms with Crippen LogP contribution in [0.15, 0.2) is 22.7 Å². The number of aromatic nitrogens is 2. The summed E-state index contributed by atoms with van der Waals surface area (Å²) in [4.78, 5) is 3.79. The number of benzene rings is 1. The zero-order valence-corrected chi connectivity index (χ0v) is 13.2. The molecule has 0 aliphatic carbocycles. The van der Waals surface area contributed by atoms with Gasteiger partial charge in [-0.25, -0.2) is 4.39 Å². The Hall–Kier alpha value is -2.09. The van der Waals surface area contributed by atoms with E-state index in [0.29, 0.717) is 31.7 Å². The predicted octanol–water partition coefficient (Wildman–Crippen LogP) is 2.90. The fourth-order valence-electron chi connectivity index (χ4n) is 2.79. The van der Waals surface area contributed by atoms with Gasteiger partial charge < -0.3 is 14.6 Å². The Morgan fingerprint density at radius 1 is 1.33 bits per heavy atom. The lowest BCUT2D eigenvalue weighted by Crippen LogP contribution is -2.36. The number of nitrogens with one attached hydrogen (secondary N) is 1. The van der Waals surface area contributed by atoms with Gasteiger partial charge in [0.1, 0.15) is 11.6 Å². The minimum atomic E-state index is -3.17. The summed E-state index contributed by atoms with van der Waals surface area (Å²) >= 11 is 0. The van der Waals surface area contributed by atoms with Gasteiger partial charge in [0.2, 0.25) is 0 Å². The summed E-state index contributed by atoms with van der Waals surface area (Å²) in [6.07, 6.45) is 0.664. The van der Waals surface area contributed by atoms with Crippen LogP contribution in [0.3, 0.4) is 0 Å². The lowest BCUT2D eigenvalue weighted by molar-refractivity contribution is -0.0993. The zero-order valence-electron chi connectivity index (χ0n) is 13.2. The topological polar surface area (TPSA) is 60.2 Å². The standard InChI is InChI=1S/C16H18F3N3O2/c1-23-12-3-2-10(13(17)9-12)8-14-21-15(24-22-14)16(18,19)11-4-6-20-7-5-11/h2-3,9,11,20H,4-8H2,1H3. The van der Waals surface area contributed by atoms with Crippen molar-refractivity contribution in [3.05, 3.63) is 41.3 Å². The van der Waals surface area contributed by atoms with Crippen molar-refractivity contribution in [3.63, 3.8) is 0 Å². The second-order valence-electron chi connectivity index (χ2n) is 5.80. The quantitative estimate of drug-likeness (QED) is 0.906. The predicted molar refractivity (Wildman–Crippen MR) is 79.5 cm³/mol. The molecule has 1 aromatic heterocycles. The van der Waals surface area contributed by atoms with Crippen LogP contribution in [-0.2, 0) is 12.3 Å². The van der Waals surface area contributed by atoms with E-state index in [1.165, 1.54) is 19.2 Å². The van der Waals surface area contributed by atoms with Crippen molar-refractivity contribution in [1.29, 1.82) is 0 Å². The molecule has 0 spiro atoms. The second kappa shape index (κ2) is 6.80. The molecule has 0 saturated carbocycles. The van der Waals surface area contributed by atoms with Crippen molar-refractivity contribution < 1.29 is 22.4 Å². The number of alkyl halides is 2. The summed E-state index contributed by atoms with van der Waals surface area (Å²) < 4.78 is 52.5. The van der Waals surface area contributed by atoms with Gasteiger partial charge in [0.15, 0.2) is 5.82 Å². The first kappa shape index (κ1) is 16.8. The smallest absolute Gasteiger partial charge is 0.327 e. The monoisotopic (exact) mass is 341 g/mol. The maximum Gasteiger partial charge on any atom is 0.327 e. The van der Waals surface area contributed by atoms with E-state index < -0.39 is 23.5 Å². The summed E-state index contributed by atoms with van der Waals surface area (Å²) in [5.74, 6) is -4.80. The van der Waals surface area contributed by atoms with Gasteiger partial charge in [0, 0.05) is 18.4 Å². The van der Waals surface area contributed by atoms with Crippen LogP contribution in [0.1, 0.15) is 30.1 Å². The van der Waals surface area contributed by atoms with Gasteiger partial charge in [-0.15, -0.1) is 0 Å². The molecule has 1 saturated heterocycles. The molecule has 24 heavy (non-hydrogen) atoms.